The van der Waals surface area contributed by atoms with Gasteiger partial charge in [-0.15, -0.1) is 11.8 Å². The average molecular weight is 267 g/mol. The number of aromatic nitrogens is 2. The van der Waals surface area contributed by atoms with Gasteiger partial charge in [0.2, 0.25) is 5.95 Å². The topological polar surface area (TPSA) is 63.8 Å². The largest absolute Gasteiger partial charge is 0.368 e. The Labute approximate surface area is 109 Å². The fourth-order valence-electron chi connectivity index (χ4n) is 1.39. The molecule has 88 valence electrons. The molecule has 6 heteroatoms. The lowest BCUT2D eigenvalue weighted by Crippen LogP contribution is -2.00. The number of hydrogen-bond acceptors (Lipinski definition) is 5. The lowest BCUT2D eigenvalue weighted by Gasteiger charge is -2.09. The van der Waals surface area contributed by atoms with Crippen LogP contribution in [0.15, 0.2) is 35.2 Å². The highest BCUT2D eigenvalue weighted by atomic mass is 35.5. The minimum atomic E-state index is 0.154. The van der Waals surface area contributed by atoms with Crippen LogP contribution in [0.2, 0.25) is 5.15 Å². The van der Waals surface area contributed by atoms with Crippen LogP contribution in [0, 0.1) is 0 Å². The normalized spacial score (nSPS) is 10.2. The summed E-state index contributed by atoms with van der Waals surface area (Å²) in [7, 11) is 0. The van der Waals surface area contributed by atoms with Gasteiger partial charge in [0, 0.05) is 11.0 Å². The maximum atomic E-state index is 5.81. The van der Waals surface area contributed by atoms with E-state index in [2.05, 4.69) is 15.3 Å². The maximum absolute atomic E-state index is 5.81. The number of rotatable bonds is 3. The number of hydrogen-bond donors (Lipinski definition) is 2. The number of nitrogens with one attached hydrogen (secondary N) is 1. The third-order valence-electron chi connectivity index (χ3n) is 2.08. The van der Waals surface area contributed by atoms with E-state index in [9.17, 15) is 0 Å². The maximum Gasteiger partial charge on any atom is 0.223 e. The van der Waals surface area contributed by atoms with Crippen LogP contribution in [0.4, 0.5) is 17.5 Å². The monoisotopic (exact) mass is 266 g/mol. The van der Waals surface area contributed by atoms with Crippen molar-refractivity contribution in [1.29, 1.82) is 0 Å². The number of nitrogens with two attached hydrogens (primary N) is 1. The number of benzene rings is 1. The number of thioether (sulfide) groups is 1. The van der Waals surface area contributed by atoms with Gasteiger partial charge in [-0.05, 0) is 18.4 Å². The molecule has 0 aliphatic carbocycles. The molecule has 0 radical (unpaired) electrons. The van der Waals surface area contributed by atoms with E-state index in [4.69, 9.17) is 17.3 Å². The van der Waals surface area contributed by atoms with E-state index >= 15 is 0 Å². The van der Waals surface area contributed by atoms with Gasteiger partial charge in [-0.1, -0.05) is 23.7 Å². The predicted molar refractivity (Wildman–Crippen MR) is 73.0 cm³/mol. The Hall–Kier alpha value is -1.46. The van der Waals surface area contributed by atoms with E-state index in [1.54, 1.807) is 17.8 Å². The summed E-state index contributed by atoms with van der Waals surface area (Å²) in [5.74, 6) is 0.741. The molecule has 3 N–H and O–H groups in total. The standard InChI is InChI=1S/C11H11ClN4S/c1-17-8-5-3-2-4-7(8)14-10-6-9(12)15-11(13)16-10/h2-6H,1H3,(H3,13,14,15,16). The Morgan fingerprint density at radius 2 is 2.06 bits per heavy atom. The molecular formula is C11H11ClN4S. The van der Waals surface area contributed by atoms with E-state index in [0.717, 1.165) is 10.6 Å². The molecule has 1 aromatic heterocycles. The third kappa shape index (κ3) is 3.01. The molecule has 2 aromatic rings. The highest BCUT2D eigenvalue weighted by Gasteiger charge is 2.04. The summed E-state index contributed by atoms with van der Waals surface area (Å²) < 4.78 is 0. The van der Waals surface area contributed by atoms with Gasteiger partial charge in [0.1, 0.15) is 11.0 Å². The number of para-hydroxylation sites is 1. The SMILES string of the molecule is CSc1ccccc1Nc1cc(Cl)nc(N)n1. The number of halogens is 1. The number of nitrogens with zero attached hydrogens (tertiary/aromatic N) is 2. The van der Waals surface area contributed by atoms with Crippen molar-refractivity contribution in [3.05, 3.63) is 35.5 Å². The molecule has 17 heavy (non-hydrogen) atoms. The molecule has 0 amide bonds. The average Bonchev–Trinajstić information content (AvgIpc) is 2.28. The Bertz CT molecular complexity index is 512. The van der Waals surface area contributed by atoms with Crippen LogP contribution in [0.5, 0.6) is 0 Å². The van der Waals surface area contributed by atoms with Gasteiger partial charge in [0.15, 0.2) is 0 Å². The first-order chi connectivity index (χ1) is 8.19. The van der Waals surface area contributed by atoms with Crippen molar-refractivity contribution in [2.75, 3.05) is 17.3 Å². The van der Waals surface area contributed by atoms with Crippen molar-refractivity contribution in [3.63, 3.8) is 0 Å². The Morgan fingerprint density at radius 3 is 2.76 bits per heavy atom. The fourth-order valence-corrected chi connectivity index (χ4v) is 2.13. The van der Waals surface area contributed by atoms with E-state index in [1.807, 2.05) is 30.5 Å². The smallest absolute Gasteiger partial charge is 0.223 e. The first-order valence-electron chi connectivity index (χ1n) is 4.89. The summed E-state index contributed by atoms with van der Waals surface area (Å²) in [4.78, 5) is 9.00. The lowest BCUT2D eigenvalue weighted by molar-refractivity contribution is 1.18. The first kappa shape index (κ1) is 12.0. The van der Waals surface area contributed by atoms with Crippen molar-refractivity contribution < 1.29 is 0 Å². The van der Waals surface area contributed by atoms with Crippen LogP contribution in [-0.2, 0) is 0 Å². The molecular weight excluding hydrogens is 256 g/mol. The molecule has 4 nitrogen and oxygen atoms in total. The Kier molecular flexibility index (Phi) is 3.71. The lowest BCUT2D eigenvalue weighted by atomic mass is 10.3. The second-order valence-corrected chi connectivity index (χ2v) is 4.49. The zero-order chi connectivity index (χ0) is 12.3. The summed E-state index contributed by atoms with van der Waals surface area (Å²) in [6.07, 6.45) is 2.02. The predicted octanol–water partition coefficient (Wildman–Crippen LogP) is 3.18. The number of anilines is 3. The van der Waals surface area contributed by atoms with Crippen LogP contribution in [0.3, 0.4) is 0 Å². The van der Waals surface area contributed by atoms with E-state index in [1.165, 1.54) is 0 Å². The highest BCUT2D eigenvalue weighted by Crippen LogP contribution is 2.27. The summed E-state index contributed by atoms with van der Waals surface area (Å²) in [6, 6.07) is 9.57. The molecule has 2 rings (SSSR count). The molecule has 0 saturated carbocycles. The molecule has 0 unspecified atom stereocenters. The molecule has 0 bridgehead atoms. The minimum Gasteiger partial charge on any atom is -0.368 e. The zero-order valence-electron chi connectivity index (χ0n) is 9.14. The van der Waals surface area contributed by atoms with Crippen molar-refractivity contribution >= 4 is 40.8 Å². The van der Waals surface area contributed by atoms with E-state index in [-0.39, 0.29) is 5.95 Å². The summed E-state index contributed by atoms with van der Waals surface area (Å²) >= 11 is 7.47. The Balaban J connectivity index is 2.31. The van der Waals surface area contributed by atoms with Crippen LogP contribution in [0.25, 0.3) is 0 Å². The van der Waals surface area contributed by atoms with Gasteiger partial charge in [-0.3, -0.25) is 0 Å². The summed E-state index contributed by atoms with van der Waals surface area (Å²) in [5, 5.41) is 3.49. The van der Waals surface area contributed by atoms with E-state index in [0.29, 0.717) is 11.0 Å². The van der Waals surface area contributed by atoms with Crippen molar-refractivity contribution in [1.82, 2.24) is 9.97 Å². The molecule has 0 atom stereocenters. The van der Waals surface area contributed by atoms with Crippen LogP contribution < -0.4 is 11.1 Å². The van der Waals surface area contributed by atoms with Crippen molar-refractivity contribution in [2.45, 2.75) is 4.90 Å². The second kappa shape index (κ2) is 5.25. The molecule has 0 spiro atoms. The Morgan fingerprint density at radius 1 is 1.29 bits per heavy atom. The molecule has 0 saturated heterocycles. The molecule has 1 heterocycles. The second-order valence-electron chi connectivity index (χ2n) is 3.26. The van der Waals surface area contributed by atoms with Gasteiger partial charge in [0.05, 0.1) is 5.69 Å². The first-order valence-corrected chi connectivity index (χ1v) is 6.49. The fraction of sp³-hybridized carbons (Fsp3) is 0.0909. The summed E-state index contributed by atoms with van der Waals surface area (Å²) in [6.45, 7) is 0. The van der Waals surface area contributed by atoms with Crippen LogP contribution in [-0.4, -0.2) is 16.2 Å². The van der Waals surface area contributed by atoms with E-state index < -0.39 is 0 Å². The quantitative estimate of drug-likeness (QED) is 0.660. The molecule has 1 aromatic carbocycles. The van der Waals surface area contributed by atoms with Gasteiger partial charge in [-0.25, -0.2) is 4.98 Å². The molecule has 0 aliphatic heterocycles. The summed E-state index contributed by atoms with van der Waals surface area (Å²) in [5.41, 5.74) is 6.50. The highest BCUT2D eigenvalue weighted by molar-refractivity contribution is 7.98. The van der Waals surface area contributed by atoms with Gasteiger partial charge in [-0.2, -0.15) is 4.98 Å². The van der Waals surface area contributed by atoms with Crippen LogP contribution >= 0.6 is 23.4 Å². The van der Waals surface area contributed by atoms with Crippen LogP contribution in [0.1, 0.15) is 0 Å². The molecule has 0 aliphatic rings. The van der Waals surface area contributed by atoms with Crippen molar-refractivity contribution in [3.8, 4) is 0 Å². The van der Waals surface area contributed by atoms with Gasteiger partial charge >= 0.3 is 0 Å². The molecule has 0 fully saturated rings. The zero-order valence-corrected chi connectivity index (χ0v) is 10.7. The van der Waals surface area contributed by atoms with Gasteiger partial charge in [0.25, 0.3) is 0 Å². The van der Waals surface area contributed by atoms with Crippen molar-refractivity contribution in [2.24, 2.45) is 0 Å². The number of nitrogen functional groups attached to an aromatic ring is 1. The van der Waals surface area contributed by atoms with Gasteiger partial charge < -0.3 is 11.1 Å². The minimum absolute atomic E-state index is 0.154. The third-order valence-corrected chi connectivity index (χ3v) is 3.07.